The van der Waals surface area contributed by atoms with Crippen molar-refractivity contribution in [3.63, 3.8) is 0 Å². The molecule has 2 N–H and O–H groups in total. The average Bonchev–Trinajstić information content (AvgIpc) is 2.70. The Morgan fingerprint density at radius 2 is 1.70 bits per heavy atom. The first kappa shape index (κ1) is 20.8. The fourth-order valence-electron chi connectivity index (χ4n) is 2.87. The van der Waals surface area contributed by atoms with Gasteiger partial charge >= 0.3 is 12.0 Å². The topological polar surface area (TPSA) is 113 Å². The Hall–Kier alpha value is -3.94. The van der Waals surface area contributed by atoms with Gasteiger partial charge in [-0.3, -0.25) is 14.9 Å². The molecule has 2 aromatic rings. The van der Waals surface area contributed by atoms with E-state index < -0.39 is 30.4 Å². The summed E-state index contributed by atoms with van der Waals surface area (Å²) in [7, 11) is 0. The van der Waals surface area contributed by atoms with Crippen molar-refractivity contribution in [2.75, 3.05) is 11.5 Å². The van der Waals surface area contributed by atoms with E-state index >= 15 is 0 Å². The monoisotopic (exact) mass is 408 g/mol. The van der Waals surface area contributed by atoms with Crippen LogP contribution in [0.5, 0.6) is 5.75 Å². The Labute approximate surface area is 172 Å². The lowest BCUT2D eigenvalue weighted by molar-refractivity contribution is -0.139. The Kier molecular flexibility index (Phi) is 5.96. The fourth-order valence-corrected chi connectivity index (χ4v) is 2.87. The predicted molar refractivity (Wildman–Crippen MR) is 109 cm³/mol. The number of rotatable bonds is 6. The number of barbiturate groups is 1. The molecule has 1 aliphatic heterocycles. The van der Waals surface area contributed by atoms with Gasteiger partial charge in [0.25, 0.3) is 11.8 Å². The predicted octanol–water partition coefficient (Wildman–Crippen LogP) is 2.94. The van der Waals surface area contributed by atoms with Crippen LogP contribution in [0.25, 0.3) is 6.08 Å². The maximum absolute atomic E-state index is 12.9. The first-order valence-corrected chi connectivity index (χ1v) is 9.22. The second-order valence-corrected chi connectivity index (χ2v) is 6.96. The van der Waals surface area contributed by atoms with E-state index in [1.807, 2.05) is 26.0 Å². The highest BCUT2D eigenvalue weighted by Crippen LogP contribution is 2.24. The van der Waals surface area contributed by atoms with Crippen LogP contribution in [-0.2, 0) is 14.4 Å². The maximum Gasteiger partial charge on any atom is 0.341 e. The molecule has 1 saturated heterocycles. The van der Waals surface area contributed by atoms with Gasteiger partial charge in [-0.15, -0.1) is 0 Å². The van der Waals surface area contributed by atoms with Crippen molar-refractivity contribution in [3.8, 4) is 5.75 Å². The fraction of sp³-hybridized carbons (Fsp3) is 0.182. The second kappa shape index (κ2) is 8.60. The zero-order valence-corrected chi connectivity index (χ0v) is 16.4. The van der Waals surface area contributed by atoms with Crippen molar-refractivity contribution >= 4 is 35.6 Å². The molecular weight excluding hydrogens is 388 g/mol. The average molecular weight is 408 g/mol. The summed E-state index contributed by atoms with van der Waals surface area (Å²) in [6.45, 7) is 3.59. The molecule has 3 rings (SSSR count). The SMILES string of the molecule is CC(C)c1ccc(N2C(=O)NC(=O)/C(=C/c3ccc(OCC(=O)O)cc3)C2=O)cc1. The third-order valence-electron chi connectivity index (χ3n) is 4.47. The number of hydrogen-bond acceptors (Lipinski definition) is 5. The second-order valence-electron chi connectivity index (χ2n) is 6.96. The zero-order chi connectivity index (χ0) is 21.8. The molecule has 1 heterocycles. The lowest BCUT2D eigenvalue weighted by atomic mass is 10.0. The van der Waals surface area contributed by atoms with Crippen LogP contribution in [0.2, 0.25) is 0 Å². The van der Waals surface area contributed by atoms with Crippen molar-refractivity contribution in [1.82, 2.24) is 5.32 Å². The molecular formula is C22H20N2O6. The zero-order valence-electron chi connectivity index (χ0n) is 16.4. The van der Waals surface area contributed by atoms with E-state index in [2.05, 4.69) is 5.32 Å². The van der Waals surface area contributed by atoms with Gasteiger partial charge in [-0.05, 0) is 47.4 Å². The molecule has 8 nitrogen and oxygen atoms in total. The van der Waals surface area contributed by atoms with Gasteiger partial charge in [-0.25, -0.2) is 14.5 Å². The Morgan fingerprint density at radius 1 is 1.07 bits per heavy atom. The maximum atomic E-state index is 12.9. The molecule has 0 atom stereocenters. The molecule has 0 spiro atoms. The Balaban J connectivity index is 1.85. The largest absolute Gasteiger partial charge is 0.482 e. The summed E-state index contributed by atoms with van der Waals surface area (Å²) in [4.78, 5) is 48.9. The van der Waals surface area contributed by atoms with Gasteiger partial charge in [0.15, 0.2) is 6.61 Å². The van der Waals surface area contributed by atoms with E-state index in [-0.39, 0.29) is 5.57 Å². The summed E-state index contributed by atoms with van der Waals surface area (Å²) in [5.74, 6) is -1.99. The van der Waals surface area contributed by atoms with Crippen LogP contribution in [0.4, 0.5) is 10.5 Å². The number of imide groups is 2. The molecule has 0 unspecified atom stereocenters. The van der Waals surface area contributed by atoms with E-state index in [0.29, 0.717) is 22.9 Å². The third kappa shape index (κ3) is 4.54. The van der Waals surface area contributed by atoms with Gasteiger partial charge in [0.1, 0.15) is 11.3 Å². The van der Waals surface area contributed by atoms with E-state index in [4.69, 9.17) is 9.84 Å². The summed E-state index contributed by atoms with van der Waals surface area (Å²) in [6, 6.07) is 12.4. The molecule has 4 amide bonds. The van der Waals surface area contributed by atoms with Crippen LogP contribution < -0.4 is 15.0 Å². The minimum atomic E-state index is -1.10. The van der Waals surface area contributed by atoms with Gasteiger partial charge in [0.05, 0.1) is 5.69 Å². The molecule has 30 heavy (non-hydrogen) atoms. The number of urea groups is 1. The molecule has 0 radical (unpaired) electrons. The van der Waals surface area contributed by atoms with Gasteiger partial charge in [-0.2, -0.15) is 0 Å². The van der Waals surface area contributed by atoms with Gasteiger partial charge in [-0.1, -0.05) is 38.1 Å². The van der Waals surface area contributed by atoms with Crippen LogP contribution in [0.1, 0.15) is 30.9 Å². The Morgan fingerprint density at radius 3 is 2.27 bits per heavy atom. The summed E-state index contributed by atoms with van der Waals surface area (Å²) < 4.78 is 5.05. The van der Waals surface area contributed by atoms with E-state index in [9.17, 15) is 19.2 Å². The minimum absolute atomic E-state index is 0.193. The number of carbonyl (C=O) groups excluding carboxylic acids is 3. The van der Waals surface area contributed by atoms with Crippen LogP contribution in [-0.4, -0.2) is 35.5 Å². The molecule has 0 aromatic heterocycles. The number of hydrogen-bond donors (Lipinski definition) is 2. The van der Waals surface area contributed by atoms with E-state index in [1.54, 1.807) is 24.3 Å². The van der Waals surface area contributed by atoms with Crippen molar-refractivity contribution in [3.05, 3.63) is 65.2 Å². The van der Waals surface area contributed by atoms with Gasteiger partial charge < -0.3 is 9.84 Å². The van der Waals surface area contributed by atoms with E-state index in [1.165, 1.54) is 18.2 Å². The number of carboxylic acids is 1. The number of carboxylic acid groups (broad SMARTS) is 1. The molecule has 2 aromatic carbocycles. The highest BCUT2D eigenvalue weighted by atomic mass is 16.5. The van der Waals surface area contributed by atoms with Crippen molar-refractivity contribution in [1.29, 1.82) is 0 Å². The number of nitrogens with zero attached hydrogens (tertiary/aromatic N) is 1. The van der Waals surface area contributed by atoms with Gasteiger partial charge in [0, 0.05) is 0 Å². The molecule has 0 saturated carbocycles. The summed E-state index contributed by atoms with van der Waals surface area (Å²) in [5, 5.41) is 10.8. The lowest BCUT2D eigenvalue weighted by Crippen LogP contribution is -2.54. The normalized spacial score (nSPS) is 15.5. The first-order valence-electron chi connectivity index (χ1n) is 9.22. The minimum Gasteiger partial charge on any atom is -0.482 e. The number of nitrogens with one attached hydrogen (secondary N) is 1. The summed E-state index contributed by atoms with van der Waals surface area (Å²) >= 11 is 0. The Bertz CT molecular complexity index is 1020. The number of carbonyl (C=O) groups is 4. The van der Waals surface area contributed by atoms with Crippen molar-refractivity contribution in [2.24, 2.45) is 0 Å². The number of ether oxygens (including phenoxy) is 1. The number of amides is 4. The van der Waals surface area contributed by atoms with Crippen LogP contribution in [0.3, 0.4) is 0 Å². The lowest BCUT2D eigenvalue weighted by Gasteiger charge is -2.26. The molecule has 8 heteroatoms. The molecule has 0 aliphatic carbocycles. The molecule has 0 bridgehead atoms. The third-order valence-corrected chi connectivity index (χ3v) is 4.47. The van der Waals surface area contributed by atoms with E-state index in [0.717, 1.165) is 10.5 Å². The standard InChI is InChI=1S/C22H20N2O6/c1-13(2)15-5-7-16(8-6-15)24-21(28)18(20(27)23-22(24)29)11-14-3-9-17(10-4-14)30-12-19(25)26/h3-11,13H,12H2,1-2H3,(H,25,26)(H,23,27,29)/b18-11-. The molecule has 154 valence electrons. The van der Waals surface area contributed by atoms with Crippen molar-refractivity contribution < 1.29 is 29.0 Å². The number of benzene rings is 2. The number of anilines is 1. The quantitative estimate of drug-likeness (QED) is 0.561. The number of aliphatic carboxylic acids is 1. The smallest absolute Gasteiger partial charge is 0.341 e. The highest BCUT2D eigenvalue weighted by Gasteiger charge is 2.36. The van der Waals surface area contributed by atoms with Crippen LogP contribution in [0.15, 0.2) is 54.1 Å². The van der Waals surface area contributed by atoms with Crippen molar-refractivity contribution in [2.45, 2.75) is 19.8 Å². The highest BCUT2D eigenvalue weighted by molar-refractivity contribution is 6.39. The van der Waals surface area contributed by atoms with Gasteiger partial charge in [0.2, 0.25) is 0 Å². The summed E-state index contributed by atoms with van der Waals surface area (Å²) in [6.07, 6.45) is 1.36. The molecule has 1 aliphatic rings. The van der Waals surface area contributed by atoms with Crippen LogP contribution >= 0.6 is 0 Å². The molecule has 1 fully saturated rings. The van der Waals surface area contributed by atoms with Crippen LogP contribution in [0, 0.1) is 0 Å². The first-order chi connectivity index (χ1) is 14.3. The summed E-state index contributed by atoms with van der Waals surface area (Å²) in [5.41, 5.74) is 1.74.